The number of nitriles is 1. The van der Waals surface area contributed by atoms with Gasteiger partial charge in [0.25, 0.3) is 0 Å². The van der Waals surface area contributed by atoms with Gasteiger partial charge in [-0.15, -0.1) is 0 Å². The zero-order valence-corrected chi connectivity index (χ0v) is 26.2. The highest BCUT2D eigenvalue weighted by atomic mass is 16.3. The molecule has 5 heteroatoms. The Balaban J connectivity index is 1.16. The van der Waals surface area contributed by atoms with Crippen molar-refractivity contribution in [1.82, 2.24) is 15.0 Å². The van der Waals surface area contributed by atoms with Crippen molar-refractivity contribution >= 4 is 32.7 Å². The van der Waals surface area contributed by atoms with E-state index < -0.39 is 0 Å². The van der Waals surface area contributed by atoms with Gasteiger partial charge in [0.05, 0.1) is 11.6 Å². The molecule has 0 fully saturated rings. The molecule has 0 N–H and O–H groups in total. The molecule has 49 heavy (non-hydrogen) atoms. The zero-order valence-electron chi connectivity index (χ0n) is 26.2. The van der Waals surface area contributed by atoms with Crippen molar-refractivity contribution in [3.63, 3.8) is 0 Å². The predicted molar refractivity (Wildman–Crippen MR) is 197 cm³/mol. The van der Waals surface area contributed by atoms with Gasteiger partial charge >= 0.3 is 0 Å². The average molecular weight is 627 g/mol. The number of hydrogen-bond acceptors (Lipinski definition) is 5. The van der Waals surface area contributed by atoms with Crippen LogP contribution < -0.4 is 0 Å². The van der Waals surface area contributed by atoms with Crippen LogP contribution in [0.25, 0.3) is 89.1 Å². The van der Waals surface area contributed by atoms with Gasteiger partial charge in [-0.05, 0) is 40.5 Å². The molecular formula is C44H26N4O. The topological polar surface area (TPSA) is 75.6 Å². The minimum absolute atomic E-state index is 0.595. The van der Waals surface area contributed by atoms with Crippen molar-refractivity contribution in [1.29, 1.82) is 5.26 Å². The largest absolute Gasteiger partial charge is 0.455 e. The van der Waals surface area contributed by atoms with Gasteiger partial charge in [-0.1, -0.05) is 140 Å². The van der Waals surface area contributed by atoms with Crippen molar-refractivity contribution < 1.29 is 4.42 Å². The van der Waals surface area contributed by atoms with E-state index in [-0.39, 0.29) is 0 Å². The standard InChI is InChI=1S/C44H26N4O/c45-27-34-26-38-40-36(19-10-20-39(40)49-41(38)37-18-8-7-17-35(34)37)29-21-23-31(24-22-29)43-46-42(30-13-5-2-6-14-30)47-44(48-43)33-16-9-15-32(25-33)28-11-3-1-4-12-28/h1-26H. The number of nitrogens with zero attached hydrogens (tertiary/aromatic N) is 4. The summed E-state index contributed by atoms with van der Waals surface area (Å²) in [4.78, 5) is 14.9. The van der Waals surface area contributed by atoms with Crippen molar-refractivity contribution in [2.75, 3.05) is 0 Å². The fourth-order valence-electron chi connectivity index (χ4n) is 6.60. The van der Waals surface area contributed by atoms with E-state index in [1.807, 2.05) is 103 Å². The van der Waals surface area contributed by atoms with Gasteiger partial charge in [-0.3, -0.25) is 0 Å². The number of fused-ring (bicyclic) bond motifs is 5. The third-order valence-electron chi connectivity index (χ3n) is 8.97. The third kappa shape index (κ3) is 5.00. The molecular weight excluding hydrogens is 601 g/mol. The lowest BCUT2D eigenvalue weighted by Crippen LogP contribution is -2.00. The molecule has 0 unspecified atom stereocenters. The van der Waals surface area contributed by atoms with Crippen LogP contribution in [-0.2, 0) is 0 Å². The average Bonchev–Trinajstić information content (AvgIpc) is 3.57. The molecule has 7 aromatic carbocycles. The van der Waals surface area contributed by atoms with E-state index in [0.717, 1.165) is 71.7 Å². The van der Waals surface area contributed by atoms with Gasteiger partial charge in [0, 0.05) is 38.2 Å². The number of benzene rings is 7. The highest BCUT2D eigenvalue weighted by Crippen LogP contribution is 2.41. The summed E-state index contributed by atoms with van der Waals surface area (Å²) < 4.78 is 6.43. The van der Waals surface area contributed by atoms with Crippen LogP contribution in [0, 0.1) is 11.3 Å². The second-order valence-corrected chi connectivity index (χ2v) is 11.9. The second kappa shape index (κ2) is 11.7. The van der Waals surface area contributed by atoms with Gasteiger partial charge in [0.15, 0.2) is 17.5 Å². The lowest BCUT2D eigenvalue weighted by molar-refractivity contribution is 0.673. The van der Waals surface area contributed by atoms with Crippen molar-refractivity contribution in [3.05, 3.63) is 163 Å². The summed E-state index contributed by atoms with van der Waals surface area (Å²) in [5, 5.41) is 13.7. The van der Waals surface area contributed by atoms with Crippen LogP contribution in [0.4, 0.5) is 0 Å². The Morgan fingerprint density at radius 1 is 0.429 bits per heavy atom. The van der Waals surface area contributed by atoms with Gasteiger partial charge in [-0.25, -0.2) is 15.0 Å². The molecule has 0 bridgehead atoms. The summed E-state index contributed by atoms with van der Waals surface area (Å²) in [6.45, 7) is 0. The van der Waals surface area contributed by atoms with Crippen LogP contribution in [0.2, 0.25) is 0 Å². The van der Waals surface area contributed by atoms with E-state index in [1.165, 1.54) is 0 Å². The highest BCUT2D eigenvalue weighted by Gasteiger charge is 2.18. The van der Waals surface area contributed by atoms with Gasteiger partial charge < -0.3 is 4.42 Å². The van der Waals surface area contributed by atoms with E-state index >= 15 is 0 Å². The van der Waals surface area contributed by atoms with E-state index in [1.54, 1.807) is 0 Å². The molecule has 2 heterocycles. The van der Waals surface area contributed by atoms with Crippen LogP contribution >= 0.6 is 0 Å². The van der Waals surface area contributed by atoms with Crippen LogP contribution in [-0.4, -0.2) is 15.0 Å². The molecule has 9 rings (SSSR count). The Hall–Kier alpha value is -6.90. The first-order chi connectivity index (χ1) is 24.2. The second-order valence-electron chi connectivity index (χ2n) is 11.9. The first-order valence-electron chi connectivity index (χ1n) is 16.1. The van der Waals surface area contributed by atoms with Crippen molar-refractivity contribution in [2.24, 2.45) is 0 Å². The number of aromatic nitrogens is 3. The maximum Gasteiger partial charge on any atom is 0.164 e. The van der Waals surface area contributed by atoms with E-state index in [2.05, 4.69) is 60.7 Å². The smallest absolute Gasteiger partial charge is 0.164 e. The molecule has 0 saturated heterocycles. The van der Waals surface area contributed by atoms with Gasteiger partial charge in [0.1, 0.15) is 11.2 Å². The van der Waals surface area contributed by atoms with E-state index in [9.17, 15) is 5.26 Å². The summed E-state index contributed by atoms with van der Waals surface area (Å²) in [5.74, 6) is 1.82. The lowest BCUT2D eigenvalue weighted by atomic mass is 9.96. The minimum atomic E-state index is 0.595. The molecule has 0 aliphatic rings. The quantitative estimate of drug-likeness (QED) is 0.190. The molecule has 228 valence electrons. The Morgan fingerprint density at radius 3 is 1.69 bits per heavy atom. The summed E-state index contributed by atoms with van der Waals surface area (Å²) in [6.07, 6.45) is 0. The predicted octanol–water partition coefficient (Wildman–Crippen LogP) is 11.1. The highest BCUT2D eigenvalue weighted by molar-refractivity contribution is 6.20. The molecule has 9 aromatic rings. The Labute approximate surface area is 282 Å². The van der Waals surface area contributed by atoms with Crippen LogP contribution in [0.5, 0.6) is 0 Å². The van der Waals surface area contributed by atoms with Crippen molar-refractivity contribution in [2.45, 2.75) is 0 Å². The Bertz CT molecular complexity index is 2710. The minimum Gasteiger partial charge on any atom is -0.455 e. The Morgan fingerprint density at radius 2 is 0.980 bits per heavy atom. The SMILES string of the molecule is N#Cc1cc2c(oc3cccc(-c4ccc(-c5nc(-c6ccccc6)nc(-c6cccc(-c7ccccc7)c6)n5)cc4)c32)c2ccccc12. The summed E-state index contributed by atoms with van der Waals surface area (Å²) in [5.41, 5.74) is 9.21. The van der Waals surface area contributed by atoms with Crippen LogP contribution in [0.15, 0.2) is 162 Å². The Kier molecular flexibility index (Phi) is 6.78. The summed E-state index contributed by atoms with van der Waals surface area (Å²) in [7, 11) is 0. The zero-order chi connectivity index (χ0) is 32.7. The maximum atomic E-state index is 9.98. The molecule has 0 amide bonds. The summed E-state index contributed by atoms with van der Waals surface area (Å²) in [6, 6.07) is 55.3. The molecule has 0 aliphatic heterocycles. The van der Waals surface area contributed by atoms with E-state index in [4.69, 9.17) is 19.4 Å². The lowest BCUT2D eigenvalue weighted by Gasteiger charge is -2.10. The van der Waals surface area contributed by atoms with Gasteiger partial charge in [0.2, 0.25) is 0 Å². The fraction of sp³-hybridized carbons (Fsp3) is 0. The molecule has 0 radical (unpaired) electrons. The molecule has 2 aromatic heterocycles. The third-order valence-corrected chi connectivity index (χ3v) is 8.97. The first kappa shape index (κ1) is 28.3. The van der Waals surface area contributed by atoms with Crippen molar-refractivity contribution in [3.8, 4) is 62.5 Å². The molecule has 0 saturated carbocycles. The molecule has 5 nitrogen and oxygen atoms in total. The number of rotatable bonds is 5. The normalized spacial score (nSPS) is 11.2. The first-order valence-corrected chi connectivity index (χ1v) is 16.1. The monoisotopic (exact) mass is 626 g/mol. The molecule has 0 spiro atoms. The van der Waals surface area contributed by atoms with Crippen LogP contribution in [0.1, 0.15) is 5.56 Å². The number of furan rings is 1. The fourth-order valence-corrected chi connectivity index (χ4v) is 6.60. The summed E-state index contributed by atoms with van der Waals surface area (Å²) >= 11 is 0. The molecule has 0 aliphatic carbocycles. The number of hydrogen-bond donors (Lipinski definition) is 0. The molecule has 0 atom stereocenters. The van der Waals surface area contributed by atoms with Crippen LogP contribution in [0.3, 0.4) is 0 Å². The van der Waals surface area contributed by atoms with E-state index in [0.29, 0.717) is 23.0 Å². The maximum absolute atomic E-state index is 9.98. The van der Waals surface area contributed by atoms with Gasteiger partial charge in [-0.2, -0.15) is 5.26 Å².